The van der Waals surface area contributed by atoms with Gasteiger partial charge in [-0.25, -0.2) is 0 Å². The summed E-state index contributed by atoms with van der Waals surface area (Å²) in [5, 5.41) is 0. The van der Waals surface area contributed by atoms with Crippen molar-refractivity contribution in [2.45, 2.75) is 6.92 Å². The molecule has 0 bridgehead atoms. The molecule has 0 atom stereocenters. The molecule has 0 radical (unpaired) electrons. The lowest BCUT2D eigenvalue weighted by Gasteiger charge is -2.13. The van der Waals surface area contributed by atoms with Crippen LogP contribution in [0.3, 0.4) is 0 Å². The molecule has 0 saturated heterocycles. The molecule has 1 amide bonds. The van der Waals surface area contributed by atoms with Crippen molar-refractivity contribution in [2.75, 3.05) is 33.9 Å². The van der Waals surface area contributed by atoms with E-state index in [2.05, 4.69) is 0 Å². The van der Waals surface area contributed by atoms with Gasteiger partial charge in [0.2, 0.25) is 5.91 Å². The molecule has 0 unspecified atom stereocenters. The van der Waals surface area contributed by atoms with Crippen molar-refractivity contribution in [3.63, 3.8) is 0 Å². The Balaban J connectivity index is 2.80. The standard InChI is InChI=1S/C15H22N2O3/c1-4-20-13-7-5-12(11-14(13)19-3)6-8-15(18)17(2)10-9-16/h5-8,11H,4,9-10,16H2,1-3H3/b8-6+. The molecule has 2 N–H and O–H groups in total. The summed E-state index contributed by atoms with van der Waals surface area (Å²) in [7, 11) is 3.31. The van der Waals surface area contributed by atoms with E-state index in [0.29, 0.717) is 31.2 Å². The number of nitrogens with zero attached hydrogens (tertiary/aromatic N) is 1. The van der Waals surface area contributed by atoms with Crippen molar-refractivity contribution in [3.05, 3.63) is 29.8 Å². The molecule has 0 saturated carbocycles. The molecule has 0 aliphatic carbocycles. The number of methoxy groups -OCH3 is 1. The number of hydrogen-bond acceptors (Lipinski definition) is 4. The summed E-state index contributed by atoms with van der Waals surface area (Å²) in [4.78, 5) is 13.3. The molecule has 0 heterocycles. The zero-order valence-corrected chi connectivity index (χ0v) is 12.3. The number of amides is 1. The van der Waals surface area contributed by atoms with Gasteiger partial charge in [0.05, 0.1) is 13.7 Å². The van der Waals surface area contributed by atoms with E-state index in [-0.39, 0.29) is 5.91 Å². The zero-order chi connectivity index (χ0) is 15.0. The van der Waals surface area contributed by atoms with Crippen LogP contribution in [0.5, 0.6) is 11.5 Å². The van der Waals surface area contributed by atoms with Crippen LogP contribution in [0.25, 0.3) is 6.08 Å². The van der Waals surface area contributed by atoms with Gasteiger partial charge in [0.25, 0.3) is 0 Å². The maximum atomic E-state index is 11.8. The van der Waals surface area contributed by atoms with Crippen LogP contribution in [0, 0.1) is 0 Å². The first-order valence-corrected chi connectivity index (χ1v) is 6.56. The van der Waals surface area contributed by atoms with E-state index in [1.54, 1.807) is 25.1 Å². The molecule has 0 aliphatic heterocycles. The van der Waals surface area contributed by atoms with Crippen molar-refractivity contribution in [2.24, 2.45) is 5.73 Å². The normalized spacial score (nSPS) is 10.6. The first-order valence-electron chi connectivity index (χ1n) is 6.56. The summed E-state index contributed by atoms with van der Waals surface area (Å²) in [5.74, 6) is 1.26. The van der Waals surface area contributed by atoms with Crippen LogP contribution in [0.15, 0.2) is 24.3 Å². The van der Waals surface area contributed by atoms with Gasteiger partial charge in [-0.05, 0) is 30.7 Å². The number of benzene rings is 1. The third-order valence-corrected chi connectivity index (χ3v) is 2.75. The van der Waals surface area contributed by atoms with Crippen LogP contribution in [0.1, 0.15) is 12.5 Å². The second kappa shape index (κ2) is 8.22. The van der Waals surface area contributed by atoms with Gasteiger partial charge >= 0.3 is 0 Å². The Morgan fingerprint density at radius 3 is 2.75 bits per heavy atom. The lowest BCUT2D eigenvalue weighted by molar-refractivity contribution is -0.124. The van der Waals surface area contributed by atoms with Crippen LogP contribution in [-0.4, -0.2) is 44.7 Å². The van der Waals surface area contributed by atoms with Crippen LogP contribution in [0.4, 0.5) is 0 Å². The first-order chi connectivity index (χ1) is 9.62. The number of carbonyl (C=O) groups is 1. The highest BCUT2D eigenvalue weighted by Gasteiger charge is 2.05. The highest BCUT2D eigenvalue weighted by molar-refractivity contribution is 5.91. The van der Waals surface area contributed by atoms with E-state index in [1.807, 2.05) is 25.1 Å². The molecule has 20 heavy (non-hydrogen) atoms. The largest absolute Gasteiger partial charge is 0.493 e. The number of carbonyl (C=O) groups excluding carboxylic acids is 1. The van der Waals surface area contributed by atoms with Gasteiger partial charge in [0.1, 0.15) is 0 Å². The molecule has 0 aromatic heterocycles. The minimum absolute atomic E-state index is 0.0803. The molecular weight excluding hydrogens is 256 g/mol. The Kier molecular flexibility index (Phi) is 6.59. The molecule has 0 spiro atoms. The highest BCUT2D eigenvalue weighted by atomic mass is 16.5. The van der Waals surface area contributed by atoms with E-state index in [4.69, 9.17) is 15.2 Å². The van der Waals surface area contributed by atoms with Gasteiger partial charge < -0.3 is 20.1 Å². The minimum Gasteiger partial charge on any atom is -0.493 e. The fourth-order valence-electron chi connectivity index (χ4n) is 1.66. The fourth-order valence-corrected chi connectivity index (χ4v) is 1.66. The molecule has 1 aromatic rings. The SMILES string of the molecule is CCOc1ccc(/C=C/C(=O)N(C)CCN)cc1OC. The lowest BCUT2D eigenvalue weighted by atomic mass is 10.2. The third kappa shape index (κ3) is 4.59. The molecular formula is C15H22N2O3. The second-order valence-corrected chi connectivity index (χ2v) is 4.23. The van der Waals surface area contributed by atoms with Crippen molar-refractivity contribution < 1.29 is 14.3 Å². The summed E-state index contributed by atoms with van der Waals surface area (Å²) in [6.45, 7) is 3.48. The van der Waals surface area contributed by atoms with Gasteiger partial charge in [-0.2, -0.15) is 0 Å². The third-order valence-electron chi connectivity index (χ3n) is 2.75. The number of ether oxygens (including phenoxy) is 2. The first kappa shape index (κ1) is 16.0. The van der Waals surface area contributed by atoms with E-state index in [9.17, 15) is 4.79 Å². The summed E-state index contributed by atoms with van der Waals surface area (Å²) in [6.07, 6.45) is 3.26. The Bertz CT molecular complexity index is 472. The Labute approximate surface area is 120 Å². The monoisotopic (exact) mass is 278 g/mol. The van der Waals surface area contributed by atoms with Crippen molar-refractivity contribution in [1.29, 1.82) is 0 Å². The number of nitrogens with two attached hydrogens (primary N) is 1. The molecule has 5 heteroatoms. The number of hydrogen-bond donors (Lipinski definition) is 1. The van der Waals surface area contributed by atoms with Crippen LogP contribution in [0.2, 0.25) is 0 Å². The average Bonchev–Trinajstić information content (AvgIpc) is 2.46. The lowest BCUT2D eigenvalue weighted by Crippen LogP contribution is -2.30. The molecule has 0 fully saturated rings. The molecule has 0 aliphatic rings. The second-order valence-electron chi connectivity index (χ2n) is 4.23. The molecule has 5 nitrogen and oxygen atoms in total. The Morgan fingerprint density at radius 1 is 1.40 bits per heavy atom. The van der Waals surface area contributed by atoms with E-state index in [1.165, 1.54) is 6.08 Å². The molecule has 1 rings (SSSR count). The number of likely N-dealkylation sites (N-methyl/N-ethyl adjacent to an activating group) is 1. The van der Waals surface area contributed by atoms with E-state index in [0.717, 1.165) is 5.56 Å². The summed E-state index contributed by atoms with van der Waals surface area (Å²) >= 11 is 0. The quantitative estimate of drug-likeness (QED) is 0.768. The summed E-state index contributed by atoms with van der Waals surface area (Å²) < 4.78 is 10.7. The average molecular weight is 278 g/mol. The molecule has 110 valence electrons. The fraction of sp³-hybridized carbons (Fsp3) is 0.400. The van der Waals surface area contributed by atoms with E-state index < -0.39 is 0 Å². The predicted molar refractivity (Wildman–Crippen MR) is 79.9 cm³/mol. The maximum absolute atomic E-state index is 11.8. The van der Waals surface area contributed by atoms with Crippen LogP contribution >= 0.6 is 0 Å². The maximum Gasteiger partial charge on any atom is 0.246 e. The van der Waals surface area contributed by atoms with Gasteiger partial charge in [-0.15, -0.1) is 0 Å². The van der Waals surface area contributed by atoms with Gasteiger partial charge in [-0.3, -0.25) is 4.79 Å². The van der Waals surface area contributed by atoms with Gasteiger partial charge in [0.15, 0.2) is 11.5 Å². The van der Waals surface area contributed by atoms with Gasteiger partial charge in [0, 0.05) is 26.2 Å². The molecule has 1 aromatic carbocycles. The Hall–Kier alpha value is -2.01. The van der Waals surface area contributed by atoms with Crippen molar-refractivity contribution in [3.8, 4) is 11.5 Å². The number of rotatable bonds is 7. The zero-order valence-electron chi connectivity index (χ0n) is 12.3. The summed E-state index contributed by atoms with van der Waals surface area (Å²) in [6, 6.07) is 5.54. The predicted octanol–water partition coefficient (Wildman–Crippen LogP) is 1.52. The van der Waals surface area contributed by atoms with Gasteiger partial charge in [-0.1, -0.05) is 6.07 Å². The highest BCUT2D eigenvalue weighted by Crippen LogP contribution is 2.28. The van der Waals surface area contributed by atoms with E-state index >= 15 is 0 Å². The van der Waals surface area contributed by atoms with Crippen molar-refractivity contribution >= 4 is 12.0 Å². The van der Waals surface area contributed by atoms with Crippen LogP contribution in [-0.2, 0) is 4.79 Å². The van der Waals surface area contributed by atoms with Crippen molar-refractivity contribution in [1.82, 2.24) is 4.90 Å². The summed E-state index contributed by atoms with van der Waals surface area (Å²) in [5.41, 5.74) is 6.28. The smallest absolute Gasteiger partial charge is 0.246 e. The Morgan fingerprint density at radius 2 is 2.15 bits per heavy atom. The van der Waals surface area contributed by atoms with Crippen LogP contribution < -0.4 is 15.2 Å². The topological polar surface area (TPSA) is 64.8 Å². The minimum atomic E-state index is -0.0803.